The van der Waals surface area contributed by atoms with Gasteiger partial charge in [-0.1, -0.05) is 23.7 Å². The molecule has 2 fully saturated rings. The molecule has 5 nitrogen and oxygen atoms in total. The Morgan fingerprint density at radius 3 is 2.44 bits per heavy atom. The first-order chi connectivity index (χ1) is 11.8. The largest absolute Gasteiger partial charge is 0.333 e. The third-order valence-electron chi connectivity index (χ3n) is 5.17. The van der Waals surface area contributed by atoms with Crippen LogP contribution < -0.4 is 0 Å². The summed E-state index contributed by atoms with van der Waals surface area (Å²) in [4.78, 5) is 15.2. The molecule has 2 unspecified atom stereocenters. The Labute approximate surface area is 155 Å². The average Bonchev–Trinajstić information content (AvgIpc) is 3.39. The summed E-state index contributed by atoms with van der Waals surface area (Å²) in [5, 5.41) is 0.677. The molecule has 1 aliphatic carbocycles. The quantitative estimate of drug-likeness (QED) is 0.783. The van der Waals surface area contributed by atoms with Crippen LogP contribution in [0, 0.1) is 5.92 Å². The Kier molecular flexibility index (Phi) is 5.42. The second-order valence-corrected chi connectivity index (χ2v) is 9.58. The van der Waals surface area contributed by atoms with E-state index in [1.54, 1.807) is 0 Å². The van der Waals surface area contributed by atoms with E-state index in [9.17, 15) is 13.2 Å². The van der Waals surface area contributed by atoms with Crippen LogP contribution in [0.4, 0.5) is 0 Å². The molecule has 1 aliphatic heterocycles. The number of amides is 1. The van der Waals surface area contributed by atoms with Crippen molar-refractivity contribution in [1.82, 2.24) is 9.21 Å². The molecular weight excluding hydrogens is 360 g/mol. The number of piperidine rings is 1. The van der Waals surface area contributed by atoms with Crippen LogP contribution in [0.2, 0.25) is 5.02 Å². The maximum Gasteiger partial charge on any atom is 0.227 e. The van der Waals surface area contributed by atoms with Crippen molar-refractivity contribution in [2.75, 3.05) is 19.3 Å². The highest BCUT2D eigenvalue weighted by molar-refractivity contribution is 7.88. The van der Waals surface area contributed by atoms with Crippen LogP contribution in [0.5, 0.6) is 0 Å². The summed E-state index contributed by atoms with van der Waals surface area (Å²) in [6, 6.07) is 7.83. The molecule has 1 heterocycles. The smallest absolute Gasteiger partial charge is 0.227 e. The first-order valence-corrected chi connectivity index (χ1v) is 11.0. The van der Waals surface area contributed by atoms with Crippen LogP contribution in [0.1, 0.15) is 44.2 Å². The number of halogens is 1. The maximum absolute atomic E-state index is 13.2. The van der Waals surface area contributed by atoms with Crippen molar-refractivity contribution >= 4 is 27.5 Å². The first kappa shape index (κ1) is 18.7. The summed E-state index contributed by atoms with van der Waals surface area (Å²) in [6.45, 7) is 2.85. The van der Waals surface area contributed by atoms with Crippen LogP contribution in [-0.4, -0.2) is 48.9 Å². The molecule has 1 amide bonds. The number of nitrogens with zero attached hydrogens (tertiary/aromatic N) is 2. The lowest BCUT2D eigenvalue weighted by molar-refractivity contribution is -0.139. The van der Waals surface area contributed by atoms with E-state index in [1.165, 1.54) is 10.6 Å². The van der Waals surface area contributed by atoms with Gasteiger partial charge in [0.25, 0.3) is 0 Å². The van der Waals surface area contributed by atoms with Gasteiger partial charge in [0.1, 0.15) is 0 Å². The Morgan fingerprint density at radius 1 is 1.24 bits per heavy atom. The number of carbonyl (C=O) groups excluding carboxylic acids is 1. The predicted molar refractivity (Wildman–Crippen MR) is 98.9 cm³/mol. The van der Waals surface area contributed by atoms with E-state index in [0.717, 1.165) is 31.2 Å². The summed E-state index contributed by atoms with van der Waals surface area (Å²) >= 11 is 5.97. The minimum Gasteiger partial charge on any atom is -0.333 e. The Bertz CT molecular complexity index is 731. The van der Waals surface area contributed by atoms with Crippen molar-refractivity contribution in [3.05, 3.63) is 34.9 Å². The molecule has 7 heteroatoms. The Morgan fingerprint density at radius 2 is 1.88 bits per heavy atom. The standard InChI is InChI=1S/C18H25ClN2O3S/c1-13(14-5-7-16(19)8-6-14)21(17-9-10-17)18(22)15-4-3-11-20(12-15)25(2,23)24/h5-8,13,15,17H,3-4,9-12H2,1-2H3. The fourth-order valence-corrected chi connectivity index (χ4v) is 4.64. The van der Waals surface area contributed by atoms with Gasteiger partial charge in [0, 0.05) is 24.2 Å². The van der Waals surface area contributed by atoms with Gasteiger partial charge in [-0.2, -0.15) is 0 Å². The third kappa shape index (κ3) is 4.36. The third-order valence-corrected chi connectivity index (χ3v) is 6.69. The molecule has 2 aliphatic rings. The molecular formula is C18H25ClN2O3S. The fourth-order valence-electron chi connectivity index (χ4n) is 3.60. The van der Waals surface area contributed by atoms with E-state index >= 15 is 0 Å². The number of benzene rings is 1. The van der Waals surface area contributed by atoms with E-state index in [1.807, 2.05) is 36.1 Å². The van der Waals surface area contributed by atoms with E-state index in [2.05, 4.69) is 0 Å². The molecule has 3 rings (SSSR count). The highest BCUT2D eigenvalue weighted by atomic mass is 35.5. The number of hydrogen-bond acceptors (Lipinski definition) is 3. The van der Waals surface area contributed by atoms with Crippen LogP contribution >= 0.6 is 11.6 Å². The fraction of sp³-hybridized carbons (Fsp3) is 0.611. The summed E-state index contributed by atoms with van der Waals surface area (Å²) < 4.78 is 25.1. The van der Waals surface area contributed by atoms with Crippen molar-refractivity contribution in [1.29, 1.82) is 0 Å². The van der Waals surface area contributed by atoms with Gasteiger partial charge in [-0.15, -0.1) is 0 Å². The number of sulfonamides is 1. The van der Waals surface area contributed by atoms with Gasteiger partial charge in [0.15, 0.2) is 0 Å². The van der Waals surface area contributed by atoms with E-state index in [4.69, 9.17) is 11.6 Å². The molecule has 1 aromatic carbocycles. The molecule has 0 bridgehead atoms. The predicted octanol–water partition coefficient (Wildman–Crippen LogP) is 3.06. The lowest BCUT2D eigenvalue weighted by Crippen LogP contribution is -2.47. The SMILES string of the molecule is CC(c1ccc(Cl)cc1)N(C(=O)C1CCCN(S(C)(=O)=O)C1)C1CC1. The van der Waals surface area contributed by atoms with E-state index < -0.39 is 10.0 Å². The zero-order valence-electron chi connectivity index (χ0n) is 14.7. The number of carbonyl (C=O) groups is 1. The van der Waals surface area contributed by atoms with Crippen LogP contribution in [0.3, 0.4) is 0 Å². The zero-order valence-corrected chi connectivity index (χ0v) is 16.3. The van der Waals surface area contributed by atoms with Gasteiger partial charge < -0.3 is 4.90 Å². The van der Waals surface area contributed by atoms with Crippen LogP contribution in [0.25, 0.3) is 0 Å². The lowest BCUT2D eigenvalue weighted by Gasteiger charge is -2.36. The molecule has 25 heavy (non-hydrogen) atoms. The second kappa shape index (κ2) is 7.25. The van der Waals surface area contributed by atoms with Gasteiger partial charge in [0.2, 0.25) is 15.9 Å². The van der Waals surface area contributed by atoms with Crippen molar-refractivity contribution in [3.63, 3.8) is 0 Å². The first-order valence-electron chi connectivity index (χ1n) is 8.80. The van der Waals surface area contributed by atoms with Gasteiger partial charge >= 0.3 is 0 Å². The minimum atomic E-state index is -3.25. The normalized spacial score (nSPS) is 23.2. The molecule has 2 atom stereocenters. The molecule has 0 N–H and O–H groups in total. The van der Waals surface area contributed by atoms with Gasteiger partial charge in [0.05, 0.1) is 18.2 Å². The summed E-state index contributed by atoms with van der Waals surface area (Å²) in [7, 11) is -3.25. The maximum atomic E-state index is 13.2. The number of rotatable bonds is 5. The van der Waals surface area contributed by atoms with Gasteiger partial charge in [-0.3, -0.25) is 4.79 Å². The molecule has 1 saturated heterocycles. The number of hydrogen-bond donors (Lipinski definition) is 0. The van der Waals surface area contributed by atoms with Crippen molar-refractivity contribution in [3.8, 4) is 0 Å². The van der Waals surface area contributed by atoms with Crippen molar-refractivity contribution < 1.29 is 13.2 Å². The minimum absolute atomic E-state index is 0.0362. The molecule has 1 saturated carbocycles. The lowest BCUT2D eigenvalue weighted by atomic mass is 9.96. The molecule has 0 spiro atoms. The van der Waals surface area contributed by atoms with Crippen LogP contribution in [-0.2, 0) is 14.8 Å². The zero-order chi connectivity index (χ0) is 18.2. The van der Waals surface area contributed by atoms with Crippen molar-refractivity contribution in [2.45, 2.75) is 44.7 Å². The molecule has 1 aromatic rings. The second-order valence-electron chi connectivity index (χ2n) is 7.16. The summed E-state index contributed by atoms with van der Waals surface area (Å²) in [5.74, 6) is -0.169. The van der Waals surface area contributed by atoms with Crippen molar-refractivity contribution in [2.24, 2.45) is 5.92 Å². The van der Waals surface area contributed by atoms with E-state index in [0.29, 0.717) is 18.1 Å². The van der Waals surface area contributed by atoms with Gasteiger partial charge in [-0.05, 0) is 50.3 Å². The molecule has 138 valence electrons. The Hall–Kier alpha value is -1.11. The summed E-state index contributed by atoms with van der Waals surface area (Å²) in [6.07, 6.45) is 4.74. The van der Waals surface area contributed by atoms with Gasteiger partial charge in [-0.25, -0.2) is 12.7 Å². The Balaban J connectivity index is 1.78. The topological polar surface area (TPSA) is 57.7 Å². The monoisotopic (exact) mass is 384 g/mol. The summed E-state index contributed by atoms with van der Waals surface area (Å²) in [5.41, 5.74) is 1.06. The highest BCUT2D eigenvalue weighted by Crippen LogP contribution is 2.37. The average molecular weight is 385 g/mol. The highest BCUT2D eigenvalue weighted by Gasteiger charge is 2.40. The van der Waals surface area contributed by atoms with Crippen LogP contribution in [0.15, 0.2) is 24.3 Å². The van der Waals surface area contributed by atoms with E-state index in [-0.39, 0.29) is 23.9 Å². The molecule has 0 radical (unpaired) electrons. The molecule has 0 aromatic heterocycles.